The van der Waals surface area contributed by atoms with Crippen molar-refractivity contribution in [3.63, 3.8) is 0 Å². The Labute approximate surface area is 101 Å². The van der Waals surface area contributed by atoms with Crippen LogP contribution in [0.2, 0.25) is 0 Å². The fraction of sp³-hybridized carbons (Fsp3) is 0.0833. The van der Waals surface area contributed by atoms with Gasteiger partial charge in [0.2, 0.25) is 0 Å². The minimum Gasteiger partial charge on any atom is -0.506 e. The SMILES string of the molecule is Cn1c(=O)c(C(=O)O)c(O)c2ccc(C=O)cc21. The maximum Gasteiger partial charge on any atom is 0.345 e. The van der Waals surface area contributed by atoms with Crippen molar-refractivity contribution in [3.8, 4) is 5.75 Å². The first-order valence-electron chi connectivity index (χ1n) is 5.01. The molecule has 1 heterocycles. The van der Waals surface area contributed by atoms with Crippen molar-refractivity contribution in [3.05, 3.63) is 39.7 Å². The monoisotopic (exact) mass is 247 g/mol. The first kappa shape index (κ1) is 11.8. The van der Waals surface area contributed by atoms with E-state index >= 15 is 0 Å². The number of carboxylic acids is 1. The number of aromatic hydroxyl groups is 1. The molecule has 6 nitrogen and oxygen atoms in total. The van der Waals surface area contributed by atoms with Crippen molar-refractivity contribution in [2.45, 2.75) is 0 Å². The number of pyridine rings is 1. The molecule has 0 saturated carbocycles. The van der Waals surface area contributed by atoms with Gasteiger partial charge in [0.1, 0.15) is 12.0 Å². The number of fused-ring (bicyclic) bond motifs is 1. The number of hydrogen-bond acceptors (Lipinski definition) is 4. The fourth-order valence-corrected chi connectivity index (χ4v) is 1.81. The number of carboxylic acid groups (broad SMARTS) is 1. The van der Waals surface area contributed by atoms with Gasteiger partial charge >= 0.3 is 5.97 Å². The highest BCUT2D eigenvalue weighted by Crippen LogP contribution is 2.26. The number of aldehydes is 1. The normalized spacial score (nSPS) is 10.5. The van der Waals surface area contributed by atoms with Gasteiger partial charge in [-0.25, -0.2) is 4.79 Å². The lowest BCUT2D eigenvalue weighted by Gasteiger charge is -2.09. The average molecular weight is 247 g/mol. The number of aromatic carboxylic acids is 1. The number of hydrogen-bond donors (Lipinski definition) is 2. The van der Waals surface area contributed by atoms with E-state index in [-0.39, 0.29) is 5.39 Å². The Balaban J connectivity index is 3.02. The molecule has 0 aliphatic rings. The molecule has 0 amide bonds. The number of carbonyl (C=O) groups excluding carboxylic acids is 1. The number of carbonyl (C=O) groups is 2. The summed E-state index contributed by atoms with van der Waals surface area (Å²) in [6.45, 7) is 0. The Hall–Kier alpha value is -2.63. The topological polar surface area (TPSA) is 96.6 Å². The Morgan fingerprint density at radius 1 is 1.39 bits per heavy atom. The molecule has 2 rings (SSSR count). The maximum absolute atomic E-state index is 11.8. The number of benzene rings is 1. The van der Waals surface area contributed by atoms with Gasteiger partial charge in [0.05, 0.1) is 5.52 Å². The van der Waals surface area contributed by atoms with Gasteiger partial charge < -0.3 is 14.8 Å². The van der Waals surface area contributed by atoms with Crippen molar-refractivity contribution in [2.24, 2.45) is 7.05 Å². The summed E-state index contributed by atoms with van der Waals surface area (Å²) in [6, 6.07) is 4.25. The zero-order valence-electron chi connectivity index (χ0n) is 9.38. The van der Waals surface area contributed by atoms with Crippen molar-refractivity contribution in [1.82, 2.24) is 4.57 Å². The molecule has 0 unspecified atom stereocenters. The third-order valence-electron chi connectivity index (χ3n) is 2.74. The van der Waals surface area contributed by atoms with E-state index in [1.807, 2.05) is 0 Å². The Kier molecular flexibility index (Phi) is 2.63. The second-order valence-corrected chi connectivity index (χ2v) is 3.79. The lowest BCUT2D eigenvalue weighted by atomic mass is 10.1. The van der Waals surface area contributed by atoms with Crippen LogP contribution < -0.4 is 5.56 Å². The van der Waals surface area contributed by atoms with E-state index in [4.69, 9.17) is 5.11 Å². The predicted molar refractivity (Wildman–Crippen MR) is 63.2 cm³/mol. The zero-order chi connectivity index (χ0) is 13.4. The first-order valence-corrected chi connectivity index (χ1v) is 5.01. The molecule has 18 heavy (non-hydrogen) atoms. The molecule has 0 radical (unpaired) electrons. The third kappa shape index (κ3) is 1.55. The highest BCUT2D eigenvalue weighted by atomic mass is 16.4. The zero-order valence-corrected chi connectivity index (χ0v) is 9.38. The molecule has 1 aromatic heterocycles. The van der Waals surface area contributed by atoms with Gasteiger partial charge in [0, 0.05) is 18.0 Å². The van der Waals surface area contributed by atoms with Crippen molar-refractivity contribution in [2.75, 3.05) is 0 Å². The number of aromatic nitrogens is 1. The van der Waals surface area contributed by atoms with Crippen LogP contribution in [-0.4, -0.2) is 27.0 Å². The largest absolute Gasteiger partial charge is 0.506 e. The summed E-state index contributed by atoms with van der Waals surface area (Å²) in [7, 11) is 1.38. The summed E-state index contributed by atoms with van der Waals surface area (Å²) in [5.41, 5.74) is -0.869. The molecule has 2 N–H and O–H groups in total. The Bertz CT molecular complexity index is 729. The highest BCUT2D eigenvalue weighted by molar-refractivity contribution is 5.99. The molecule has 6 heteroatoms. The molecular weight excluding hydrogens is 238 g/mol. The van der Waals surface area contributed by atoms with Crippen molar-refractivity contribution < 1.29 is 19.8 Å². The van der Waals surface area contributed by atoms with Crippen LogP contribution in [0.5, 0.6) is 5.75 Å². The summed E-state index contributed by atoms with van der Waals surface area (Å²) < 4.78 is 1.09. The van der Waals surface area contributed by atoms with Gasteiger partial charge in [-0.3, -0.25) is 9.59 Å². The summed E-state index contributed by atoms with van der Waals surface area (Å²) in [6.07, 6.45) is 0.603. The lowest BCUT2D eigenvalue weighted by molar-refractivity contribution is 0.0691. The molecule has 0 atom stereocenters. The van der Waals surface area contributed by atoms with Gasteiger partial charge in [0.15, 0.2) is 5.56 Å². The summed E-state index contributed by atoms with van der Waals surface area (Å²) in [5.74, 6) is -2.08. The van der Waals surface area contributed by atoms with Gasteiger partial charge in [-0.1, -0.05) is 6.07 Å². The van der Waals surface area contributed by atoms with E-state index in [0.717, 1.165) is 4.57 Å². The number of rotatable bonds is 2. The molecule has 1 aromatic carbocycles. The van der Waals surface area contributed by atoms with Gasteiger partial charge in [-0.05, 0) is 12.1 Å². The number of aryl methyl sites for hydroxylation is 1. The predicted octanol–water partition coefficient (Wildman–Crippen LogP) is 0.755. The van der Waals surface area contributed by atoms with Crippen LogP contribution in [0.25, 0.3) is 10.9 Å². The van der Waals surface area contributed by atoms with E-state index in [1.165, 1.54) is 25.2 Å². The lowest BCUT2D eigenvalue weighted by Crippen LogP contribution is -2.24. The minimum absolute atomic E-state index is 0.208. The molecule has 0 bridgehead atoms. The molecular formula is C12H9NO5. The minimum atomic E-state index is -1.49. The quantitative estimate of drug-likeness (QED) is 0.763. The second-order valence-electron chi connectivity index (χ2n) is 3.79. The van der Waals surface area contributed by atoms with Crippen molar-refractivity contribution in [1.29, 1.82) is 0 Å². The smallest absolute Gasteiger partial charge is 0.345 e. The molecule has 2 aromatic rings. The maximum atomic E-state index is 11.8. The molecule has 92 valence electrons. The first-order chi connectivity index (χ1) is 8.47. The second kappa shape index (κ2) is 3.99. The Morgan fingerprint density at radius 3 is 2.61 bits per heavy atom. The summed E-state index contributed by atoms with van der Waals surface area (Å²) >= 11 is 0. The number of nitrogens with zero attached hydrogens (tertiary/aromatic N) is 1. The summed E-state index contributed by atoms with van der Waals surface area (Å²) in [4.78, 5) is 33.4. The van der Waals surface area contributed by atoms with Crippen molar-refractivity contribution >= 4 is 23.2 Å². The van der Waals surface area contributed by atoms with E-state index < -0.39 is 22.8 Å². The van der Waals surface area contributed by atoms with E-state index in [0.29, 0.717) is 17.4 Å². The fourth-order valence-electron chi connectivity index (χ4n) is 1.81. The van der Waals surface area contributed by atoms with Crippen LogP contribution in [0.1, 0.15) is 20.7 Å². The van der Waals surface area contributed by atoms with Crippen LogP contribution in [0.3, 0.4) is 0 Å². The molecule has 0 aliphatic heterocycles. The van der Waals surface area contributed by atoms with Crippen LogP contribution in [0.15, 0.2) is 23.0 Å². The third-order valence-corrected chi connectivity index (χ3v) is 2.74. The molecule has 0 spiro atoms. The molecule has 0 aliphatic carbocycles. The van der Waals surface area contributed by atoms with E-state index in [2.05, 4.69) is 0 Å². The van der Waals surface area contributed by atoms with Gasteiger partial charge in [0.25, 0.3) is 5.56 Å². The van der Waals surface area contributed by atoms with Crippen LogP contribution in [-0.2, 0) is 7.05 Å². The van der Waals surface area contributed by atoms with Crippen LogP contribution >= 0.6 is 0 Å². The van der Waals surface area contributed by atoms with E-state index in [9.17, 15) is 19.5 Å². The average Bonchev–Trinajstić information content (AvgIpc) is 2.35. The molecule has 0 saturated heterocycles. The standard InChI is InChI=1S/C12H9NO5/c1-13-8-4-6(5-14)2-3-7(8)10(15)9(11(13)16)12(17)18/h2-5,15H,1H3,(H,17,18). The van der Waals surface area contributed by atoms with Crippen LogP contribution in [0.4, 0.5) is 0 Å². The Morgan fingerprint density at radius 2 is 2.06 bits per heavy atom. The molecule has 0 fully saturated rings. The van der Waals surface area contributed by atoms with Gasteiger partial charge in [-0.2, -0.15) is 0 Å². The summed E-state index contributed by atoms with van der Waals surface area (Å²) in [5, 5.41) is 18.9. The van der Waals surface area contributed by atoms with Gasteiger partial charge in [-0.15, -0.1) is 0 Å². The van der Waals surface area contributed by atoms with E-state index in [1.54, 1.807) is 0 Å². The highest BCUT2D eigenvalue weighted by Gasteiger charge is 2.20. The van der Waals surface area contributed by atoms with Crippen LogP contribution in [0, 0.1) is 0 Å².